The Kier molecular flexibility index (Phi) is 6.66. The molecule has 3 nitrogen and oxygen atoms in total. The number of hydrogen-bond acceptors (Lipinski definition) is 3. The highest BCUT2D eigenvalue weighted by Crippen LogP contribution is 2.28. The third-order valence-corrected chi connectivity index (χ3v) is 3.97. The largest absolute Gasteiger partial charge is 0.497 e. The molecule has 2 aromatic carbocycles. The second kappa shape index (κ2) is 8.74. The lowest BCUT2D eigenvalue weighted by atomic mass is 9.96. The van der Waals surface area contributed by atoms with Crippen molar-refractivity contribution in [3.8, 4) is 16.9 Å². The molecule has 0 fully saturated rings. The lowest BCUT2D eigenvalue weighted by Crippen LogP contribution is -2.16. The van der Waals surface area contributed by atoms with E-state index in [1.54, 1.807) is 13.3 Å². The number of hydrogen-bond donors (Lipinski definition) is 1. The summed E-state index contributed by atoms with van der Waals surface area (Å²) < 4.78 is 31.9. The van der Waals surface area contributed by atoms with E-state index < -0.39 is 17.7 Å². The van der Waals surface area contributed by atoms with Gasteiger partial charge in [-0.05, 0) is 47.9 Å². The maximum Gasteiger partial charge on any atom is 0.126 e. The molecule has 1 atom stereocenters. The summed E-state index contributed by atoms with van der Waals surface area (Å²) in [4.78, 5) is 4.39. The van der Waals surface area contributed by atoms with E-state index in [2.05, 4.69) is 4.98 Å². The van der Waals surface area contributed by atoms with Gasteiger partial charge in [0.15, 0.2) is 0 Å². The standard InChI is InChI=1S/C20H18F2N2O.ClH/c1-25-17-6-4-14(5-7-17)18-3-2-8-24-20(18)19(23)11-13-9-15(21)12-16(22)10-13;/h2-10,12,19H,11,23H2,1H3;1H/t19-;/m0./s1. The molecule has 0 spiro atoms. The van der Waals surface area contributed by atoms with Crippen LogP contribution in [0.25, 0.3) is 11.1 Å². The fourth-order valence-electron chi connectivity index (χ4n) is 2.81. The highest BCUT2D eigenvalue weighted by Gasteiger charge is 2.15. The number of rotatable bonds is 5. The van der Waals surface area contributed by atoms with Crippen LogP contribution in [-0.2, 0) is 6.42 Å². The number of nitrogens with two attached hydrogens (primary N) is 1. The van der Waals surface area contributed by atoms with Crippen molar-refractivity contribution in [2.45, 2.75) is 12.5 Å². The SMILES string of the molecule is COc1ccc(-c2cccnc2[C@@H](N)Cc2cc(F)cc(F)c2)cc1.Cl. The van der Waals surface area contributed by atoms with Crippen LogP contribution in [0.1, 0.15) is 17.3 Å². The van der Waals surface area contributed by atoms with E-state index in [0.29, 0.717) is 11.3 Å². The number of pyridine rings is 1. The monoisotopic (exact) mass is 376 g/mol. The lowest BCUT2D eigenvalue weighted by Gasteiger charge is -2.16. The van der Waals surface area contributed by atoms with E-state index in [-0.39, 0.29) is 18.8 Å². The van der Waals surface area contributed by atoms with Crippen molar-refractivity contribution in [2.24, 2.45) is 5.73 Å². The third-order valence-electron chi connectivity index (χ3n) is 3.97. The maximum atomic E-state index is 13.4. The summed E-state index contributed by atoms with van der Waals surface area (Å²) in [6.45, 7) is 0. The lowest BCUT2D eigenvalue weighted by molar-refractivity contribution is 0.415. The zero-order valence-electron chi connectivity index (χ0n) is 14.2. The molecule has 1 aromatic heterocycles. The van der Waals surface area contributed by atoms with Crippen LogP contribution in [0.2, 0.25) is 0 Å². The van der Waals surface area contributed by atoms with Gasteiger partial charge >= 0.3 is 0 Å². The normalized spacial score (nSPS) is 11.5. The topological polar surface area (TPSA) is 48.1 Å². The Morgan fingerprint density at radius 1 is 1.04 bits per heavy atom. The van der Waals surface area contributed by atoms with Gasteiger partial charge in [0.1, 0.15) is 17.4 Å². The first-order valence-corrected chi connectivity index (χ1v) is 7.86. The number of ether oxygens (including phenoxy) is 1. The van der Waals surface area contributed by atoms with Crippen molar-refractivity contribution < 1.29 is 13.5 Å². The molecule has 0 saturated carbocycles. The van der Waals surface area contributed by atoms with Gasteiger partial charge in [-0.25, -0.2) is 8.78 Å². The Morgan fingerprint density at radius 3 is 2.31 bits per heavy atom. The number of aromatic nitrogens is 1. The average molecular weight is 377 g/mol. The van der Waals surface area contributed by atoms with E-state index in [9.17, 15) is 8.78 Å². The van der Waals surface area contributed by atoms with E-state index >= 15 is 0 Å². The number of halogens is 3. The van der Waals surface area contributed by atoms with Crippen LogP contribution in [-0.4, -0.2) is 12.1 Å². The first-order valence-electron chi connectivity index (χ1n) is 7.86. The summed E-state index contributed by atoms with van der Waals surface area (Å²) in [7, 11) is 1.61. The molecule has 0 saturated heterocycles. The molecule has 2 N–H and O–H groups in total. The minimum absolute atomic E-state index is 0. The molecular weight excluding hydrogens is 358 g/mol. The fraction of sp³-hybridized carbons (Fsp3) is 0.150. The van der Waals surface area contributed by atoms with E-state index in [1.807, 2.05) is 36.4 Å². The second-order valence-electron chi connectivity index (χ2n) is 5.75. The zero-order valence-corrected chi connectivity index (χ0v) is 15.0. The molecule has 3 aromatic rings. The molecule has 1 heterocycles. The Bertz CT molecular complexity index is 852. The highest BCUT2D eigenvalue weighted by atomic mass is 35.5. The van der Waals surface area contributed by atoms with E-state index in [1.165, 1.54) is 12.1 Å². The first kappa shape index (κ1) is 19.8. The van der Waals surface area contributed by atoms with E-state index in [0.717, 1.165) is 22.9 Å². The molecular formula is C20H19ClF2N2O. The average Bonchev–Trinajstić information content (AvgIpc) is 2.61. The summed E-state index contributed by atoms with van der Waals surface area (Å²) in [6, 6.07) is 14.3. The van der Waals surface area contributed by atoms with Gasteiger partial charge in [-0.2, -0.15) is 0 Å². The Hall–Kier alpha value is -2.50. The highest BCUT2D eigenvalue weighted by molar-refractivity contribution is 5.85. The summed E-state index contributed by atoms with van der Waals surface area (Å²) in [6.07, 6.45) is 1.95. The van der Waals surface area contributed by atoms with Crippen LogP contribution in [0.5, 0.6) is 5.75 Å². The minimum Gasteiger partial charge on any atom is -0.497 e. The quantitative estimate of drug-likeness (QED) is 0.702. The van der Waals surface area contributed by atoms with Gasteiger partial charge in [0, 0.05) is 17.8 Å². The Balaban J connectivity index is 0.00000243. The van der Waals surface area contributed by atoms with Gasteiger partial charge in [-0.3, -0.25) is 4.98 Å². The molecule has 0 aliphatic carbocycles. The fourth-order valence-corrected chi connectivity index (χ4v) is 2.81. The van der Waals surface area contributed by atoms with Crippen LogP contribution in [0.3, 0.4) is 0 Å². The number of benzene rings is 2. The van der Waals surface area contributed by atoms with Gasteiger partial charge in [0.05, 0.1) is 18.8 Å². The molecule has 0 aliphatic rings. The van der Waals surface area contributed by atoms with Crippen LogP contribution in [0.15, 0.2) is 60.8 Å². The Labute approximate surface area is 157 Å². The smallest absolute Gasteiger partial charge is 0.126 e. The van der Waals surface area contributed by atoms with Crippen molar-refractivity contribution in [1.82, 2.24) is 4.98 Å². The van der Waals surface area contributed by atoms with Crippen molar-refractivity contribution in [1.29, 1.82) is 0 Å². The van der Waals surface area contributed by atoms with Crippen LogP contribution in [0.4, 0.5) is 8.78 Å². The first-order chi connectivity index (χ1) is 12.1. The third kappa shape index (κ3) is 4.56. The van der Waals surface area contributed by atoms with Crippen molar-refractivity contribution in [2.75, 3.05) is 7.11 Å². The summed E-state index contributed by atoms with van der Waals surface area (Å²) in [5.74, 6) is -0.467. The molecule has 136 valence electrons. The predicted molar refractivity (Wildman–Crippen MR) is 100 cm³/mol. The summed E-state index contributed by atoms with van der Waals surface area (Å²) in [5, 5.41) is 0. The van der Waals surface area contributed by atoms with Crippen molar-refractivity contribution >= 4 is 12.4 Å². The summed E-state index contributed by atoms with van der Waals surface area (Å²) in [5.41, 5.74) is 9.30. The number of nitrogens with zero attached hydrogens (tertiary/aromatic N) is 1. The molecule has 6 heteroatoms. The van der Waals surface area contributed by atoms with Gasteiger partial charge in [0.2, 0.25) is 0 Å². The molecule has 3 rings (SSSR count). The van der Waals surface area contributed by atoms with E-state index in [4.69, 9.17) is 10.5 Å². The minimum atomic E-state index is -0.612. The van der Waals surface area contributed by atoms with Crippen LogP contribution < -0.4 is 10.5 Å². The number of methoxy groups -OCH3 is 1. The van der Waals surface area contributed by atoms with Gasteiger partial charge in [-0.15, -0.1) is 12.4 Å². The van der Waals surface area contributed by atoms with Crippen LogP contribution in [0, 0.1) is 11.6 Å². The maximum absolute atomic E-state index is 13.4. The van der Waals surface area contributed by atoms with Gasteiger partial charge < -0.3 is 10.5 Å². The Morgan fingerprint density at radius 2 is 1.69 bits per heavy atom. The molecule has 0 amide bonds. The summed E-state index contributed by atoms with van der Waals surface area (Å²) >= 11 is 0. The second-order valence-corrected chi connectivity index (χ2v) is 5.75. The van der Waals surface area contributed by atoms with Crippen molar-refractivity contribution in [3.63, 3.8) is 0 Å². The van der Waals surface area contributed by atoms with Gasteiger partial charge in [-0.1, -0.05) is 18.2 Å². The molecule has 0 radical (unpaired) electrons. The van der Waals surface area contributed by atoms with Crippen molar-refractivity contribution in [3.05, 3.63) is 83.7 Å². The molecule has 0 aliphatic heterocycles. The molecule has 0 bridgehead atoms. The molecule has 0 unspecified atom stereocenters. The molecule has 26 heavy (non-hydrogen) atoms. The van der Waals surface area contributed by atoms with Gasteiger partial charge in [0.25, 0.3) is 0 Å². The van der Waals surface area contributed by atoms with Crippen LogP contribution >= 0.6 is 12.4 Å². The predicted octanol–water partition coefficient (Wildman–Crippen LogP) is 4.70. The zero-order chi connectivity index (χ0) is 17.8.